The first-order valence-electron chi connectivity index (χ1n) is 12.8. The summed E-state index contributed by atoms with van der Waals surface area (Å²) in [5, 5.41) is 2.13. The third-order valence-corrected chi connectivity index (χ3v) is 7.75. The average Bonchev–Trinajstić information content (AvgIpc) is 3.13. The molecule has 12 heteroatoms. The van der Waals surface area contributed by atoms with E-state index >= 15 is 4.39 Å². The lowest BCUT2D eigenvalue weighted by Gasteiger charge is -2.36. The number of nitrogens with two attached hydrogens (primary N) is 1. The van der Waals surface area contributed by atoms with Crippen molar-refractivity contribution in [2.24, 2.45) is 5.73 Å². The molecule has 11 nitrogen and oxygen atoms in total. The number of piperazine rings is 1. The molecule has 198 valence electrons. The summed E-state index contributed by atoms with van der Waals surface area (Å²) in [4.78, 5) is 69.0. The molecule has 3 fully saturated rings. The van der Waals surface area contributed by atoms with Crippen LogP contribution in [0.4, 0.5) is 10.1 Å². The quantitative estimate of drug-likeness (QED) is 0.511. The molecule has 4 aliphatic rings. The Bertz CT molecular complexity index is 1140. The van der Waals surface area contributed by atoms with Gasteiger partial charge < -0.3 is 15.5 Å². The predicted octanol–water partition coefficient (Wildman–Crippen LogP) is -0.311. The lowest BCUT2D eigenvalue weighted by Crippen LogP contribution is -2.54. The minimum Gasteiger partial charge on any atom is -0.369 e. The number of carbonyl (C=O) groups excluding carboxylic acids is 5. The van der Waals surface area contributed by atoms with Crippen LogP contribution < -0.4 is 16.0 Å². The van der Waals surface area contributed by atoms with E-state index in [1.165, 1.54) is 12.1 Å². The van der Waals surface area contributed by atoms with Crippen LogP contribution in [0.25, 0.3) is 0 Å². The van der Waals surface area contributed by atoms with Crippen LogP contribution in [0.5, 0.6) is 0 Å². The number of hydrogen-bond acceptors (Lipinski definition) is 8. The number of halogens is 1. The summed E-state index contributed by atoms with van der Waals surface area (Å²) in [6.45, 7) is 4.55. The molecule has 0 aromatic heterocycles. The third-order valence-electron chi connectivity index (χ3n) is 7.75. The fourth-order valence-electron chi connectivity index (χ4n) is 5.51. The topological polar surface area (TPSA) is 136 Å². The molecule has 5 rings (SSSR count). The molecule has 1 atom stereocenters. The van der Waals surface area contributed by atoms with Crippen molar-refractivity contribution in [2.75, 3.05) is 50.7 Å². The largest absolute Gasteiger partial charge is 0.369 e. The fourth-order valence-corrected chi connectivity index (χ4v) is 5.51. The lowest BCUT2D eigenvalue weighted by atomic mass is 10.0. The molecule has 4 heterocycles. The molecular formula is C25H31FN6O5. The number of hydrogen-bond donors (Lipinski definition) is 2. The number of amides is 5. The van der Waals surface area contributed by atoms with Crippen LogP contribution >= 0.6 is 0 Å². The highest BCUT2D eigenvalue weighted by molar-refractivity contribution is 6.23. The van der Waals surface area contributed by atoms with Crippen molar-refractivity contribution >= 4 is 35.2 Å². The SMILES string of the molecule is NC1CCN(C(=O)CCN2CCN(c3cc(F)c4c(c3)C(=O)N(C3CCC(=O)NC3=O)C4=O)CC2)CC1. The van der Waals surface area contributed by atoms with Crippen molar-refractivity contribution in [3.8, 4) is 0 Å². The zero-order valence-electron chi connectivity index (χ0n) is 20.6. The van der Waals surface area contributed by atoms with Gasteiger partial charge in [0, 0.05) is 70.4 Å². The van der Waals surface area contributed by atoms with Gasteiger partial charge in [0.25, 0.3) is 11.8 Å². The zero-order valence-corrected chi connectivity index (χ0v) is 20.6. The number of nitrogens with zero attached hydrogens (tertiary/aromatic N) is 4. The van der Waals surface area contributed by atoms with E-state index in [1.807, 2.05) is 9.80 Å². The number of anilines is 1. The van der Waals surface area contributed by atoms with E-state index < -0.39 is 35.5 Å². The molecule has 0 radical (unpaired) electrons. The Morgan fingerprint density at radius 1 is 0.973 bits per heavy atom. The molecule has 0 bridgehead atoms. The van der Waals surface area contributed by atoms with Gasteiger partial charge in [0.2, 0.25) is 17.7 Å². The van der Waals surface area contributed by atoms with E-state index in [-0.39, 0.29) is 35.9 Å². The molecule has 4 aliphatic heterocycles. The minimum absolute atomic E-state index is 0.000381. The fraction of sp³-hybridized carbons (Fsp3) is 0.560. The first-order valence-corrected chi connectivity index (χ1v) is 12.8. The summed E-state index contributed by atoms with van der Waals surface area (Å²) >= 11 is 0. The maximum Gasteiger partial charge on any atom is 0.265 e. The Kier molecular flexibility index (Phi) is 6.95. The Morgan fingerprint density at radius 3 is 2.35 bits per heavy atom. The predicted molar refractivity (Wildman–Crippen MR) is 130 cm³/mol. The number of likely N-dealkylation sites (tertiary alicyclic amines) is 1. The van der Waals surface area contributed by atoms with Crippen molar-refractivity contribution < 1.29 is 28.4 Å². The smallest absolute Gasteiger partial charge is 0.265 e. The van der Waals surface area contributed by atoms with Gasteiger partial charge in [-0.05, 0) is 31.4 Å². The van der Waals surface area contributed by atoms with Crippen LogP contribution in [0.1, 0.15) is 52.8 Å². The first-order chi connectivity index (χ1) is 17.7. The number of benzene rings is 1. The van der Waals surface area contributed by atoms with E-state index in [4.69, 9.17) is 5.73 Å². The van der Waals surface area contributed by atoms with Crippen molar-refractivity contribution in [1.29, 1.82) is 0 Å². The summed E-state index contributed by atoms with van der Waals surface area (Å²) in [5.74, 6) is -3.46. The van der Waals surface area contributed by atoms with Crippen LogP contribution in [0, 0.1) is 5.82 Å². The Hall–Kier alpha value is -3.38. The number of piperidine rings is 2. The highest BCUT2D eigenvalue weighted by Gasteiger charge is 2.46. The summed E-state index contributed by atoms with van der Waals surface area (Å²) in [6.07, 6.45) is 2.12. The monoisotopic (exact) mass is 514 g/mol. The van der Waals surface area contributed by atoms with Gasteiger partial charge in [-0.15, -0.1) is 0 Å². The van der Waals surface area contributed by atoms with Crippen molar-refractivity contribution in [2.45, 2.75) is 44.2 Å². The maximum absolute atomic E-state index is 15.1. The van der Waals surface area contributed by atoms with Crippen LogP contribution in [0.2, 0.25) is 0 Å². The van der Waals surface area contributed by atoms with Crippen LogP contribution in [0.15, 0.2) is 12.1 Å². The van der Waals surface area contributed by atoms with Gasteiger partial charge in [-0.3, -0.25) is 39.1 Å². The number of nitrogens with one attached hydrogen (secondary N) is 1. The molecule has 3 N–H and O–H groups in total. The van der Waals surface area contributed by atoms with E-state index in [0.29, 0.717) is 57.9 Å². The maximum atomic E-state index is 15.1. The third kappa shape index (κ3) is 4.95. The number of carbonyl (C=O) groups is 5. The van der Waals surface area contributed by atoms with Crippen LogP contribution in [0.3, 0.4) is 0 Å². The van der Waals surface area contributed by atoms with Gasteiger partial charge >= 0.3 is 0 Å². The molecule has 1 unspecified atom stereocenters. The van der Waals surface area contributed by atoms with Gasteiger partial charge in [0.1, 0.15) is 11.9 Å². The number of fused-ring (bicyclic) bond motifs is 1. The second-order valence-corrected chi connectivity index (χ2v) is 10.1. The van der Waals surface area contributed by atoms with Gasteiger partial charge in [0.15, 0.2) is 0 Å². The van der Waals surface area contributed by atoms with Crippen LogP contribution in [-0.2, 0) is 14.4 Å². The summed E-state index contributed by atoms with van der Waals surface area (Å²) in [7, 11) is 0. The molecule has 1 aromatic rings. The lowest BCUT2D eigenvalue weighted by molar-refractivity contribution is -0.136. The standard InChI is InChI=1S/C25H31FN6O5/c26-18-14-16(13-17-22(18)25(37)32(24(17)36)19-1-2-20(33)28-23(19)35)30-11-9-29(10-12-30)6-5-21(34)31-7-3-15(27)4-8-31/h13-15,19H,1-12,27H2,(H,28,33,35). The second kappa shape index (κ2) is 10.2. The number of imide groups is 2. The summed E-state index contributed by atoms with van der Waals surface area (Å²) in [6, 6.07) is 1.79. The summed E-state index contributed by atoms with van der Waals surface area (Å²) < 4.78 is 15.1. The highest BCUT2D eigenvalue weighted by atomic mass is 19.1. The Balaban J connectivity index is 1.20. The molecule has 37 heavy (non-hydrogen) atoms. The van der Waals surface area contributed by atoms with Gasteiger partial charge in [0.05, 0.1) is 11.1 Å². The van der Waals surface area contributed by atoms with Crippen molar-refractivity contribution in [1.82, 2.24) is 20.0 Å². The van der Waals surface area contributed by atoms with Gasteiger partial charge in [-0.2, -0.15) is 0 Å². The molecule has 5 amide bonds. The molecule has 1 aromatic carbocycles. The average molecular weight is 515 g/mol. The highest BCUT2D eigenvalue weighted by Crippen LogP contribution is 2.33. The van der Waals surface area contributed by atoms with Crippen molar-refractivity contribution in [3.63, 3.8) is 0 Å². The molecule has 0 aliphatic carbocycles. The van der Waals surface area contributed by atoms with Gasteiger partial charge in [-0.25, -0.2) is 4.39 Å². The van der Waals surface area contributed by atoms with E-state index in [9.17, 15) is 24.0 Å². The first kappa shape index (κ1) is 25.3. The Morgan fingerprint density at radius 2 is 1.68 bits per heavy atom. The molecule has 3 saturated heterocycles. The molecule has 0 spiro atoms. The van der Waals surface area contributed by atoms with E-state index in [2.05, 4.69) is 10.2 Å². The zero-order chi connectivity index (χ0) is 26.3. The minimum atomic E-state index is -1.14. The Labute approximate surface area is 213 Å². The summed E-state index contributed by atoms with van der Waals surface area (Å²) in [5.41, 5.74) is 5.99. The second-order valence-electron chi connectivity index (χ2n) is 10.1. The van der Waals surface area contributed by atoms with Crippen LogP contribution in [-0.4, -0.2) is 102 Å². The molecule has 0 saturated carbocycles. The van der Waals surface area contributed by atoms with Crippen molar-refractivity contribution in [3.05, 3.63) is 29.1 Å². The molecular weight excluding hydrogens is 483 g/mol. The number of rotatable bonds is 5. The van der Waals surface area contributed by atoms with E-state index in [0.717, 1.165) is 17.7 Å². The normalized spacial score (nSPS) is 23.5. The van der Waals surface area contributed by atoms with Gasteiger partial charge in [-0.1, -0.05) is 0 Å². The van der Waals surface area contributed by atoms with E-state index in [1.54, 1.807) is 0 Å².